The van der Waals surface area contributed by atoms with Gasteiger partial charge in [-0.15, -0.1) is 0 Å². The normalized spacial score (nSPS) is 21.7. The molecule has 0 spiro atoms. The zero-order valence-corrected chi connectivity index (χ0v) is 6.93. The van der Waals surface area contributed by atoms with Crippen molar-refractivity contribution in [3.05, 3.63) is 0 Å². The average Bonchev–Trinajstić information content (AvgIpc) is 2.80. The lowest BCUT2D eigenvalue weighted by Gasteiger charge is -1.97. The summed E-state index contributed by atoms with van der Waals surface area (Å²) in [5.41, 5.74) is 0. The summed E-state index contributed by atoms with van der Waals surface area (Å²) in [5, 5.41) is 2.95. The molecule has 3 nitrogen and oxygen atoms in total. The highest BCUT2D eigenvalue weighted by atomic mass is 16.6. The van der Waals surface area contributed by atoms with Crippen molar-refractivity contribution in [1.82, 2.24) is 5.32 Å². The van der Waals surface area contributed by atoms with Gasteiger partial charge in [0.15, 0.2) is 0 Å². The van der Waals surface area contributed by atoms with Crippen LogP contribution in [-0.2, 0) is 9.53 Å². The number of hydrogen-bond donors (Lipinski definition) is 1. The third-order valence-electron chi connectivity index (χ3n) is 1.80. The fraction of sp³-hybridized carbons (Fsp3) is 0.875. The van der Waals surface area contributed by atoms with Crippen LogP contribution < -0.4 is 5.32 Å². The largest absolute Gasteiger partial charge is 0.373 e. The smallest absolute Gasteiger partial charge is 0.134 e. The van der Waals surface area contributed by atoms with Crippen molar-refractivity contribution in [2.75, 3.05) is 20.2 Å². The molecule has 0 saturated carbocycles. The van der Waals surface area contributed by atoms with E-state index >= 15 is 0 Å². The van der Waals surface area contributed by atoms with E-state index in [0.717, 1.165) is 19.6 Å². The maximum atomic E-state index is 11.0. The quantitative estimate of drug-likeness (QED) is 0.565. The molecule has 0 bridgehead atoms. The third kappa shape index (κ3) is 4.11. The molecule has 0 amide bonds. The Hall–Kier alpha value is -0.410. The molecular weight excluding hydrogens is 142 g/mol. The molecule has 1 rings (SSSR count). The maximum Gasteiger partial charge on any atom is 0.134 e. The van der Waals surface area contributed by atoms with Crippen LogP contribution in [0.1, 0.15) is 19.3 Å². The lowest BCUT2D eigenvalue weighted by atomic mass is 10.1. The van der Waals surface area contributed by atoms with E-state index in [-0.39, 0.29) is 0 Å². The molecule has 0 aromatic carbocycles. The number of epoxide rings is 1. The second-order valence-electron chi connectivity index (χ2n) is 2.89. The number of ketones is 1. The van der Waals surface area contributed by atoms with Crippen LogP contribution in [0, 0.1) is 0 Å². The first-order valence-corrected chi connectivity index (χ1v) is 4.11. The molecule has 1 heterocycles. The van der Waals surface area contributed by atoms with Crippen LogP contribution >= 0.6 is 0 Å². The van der Waals surface area contributed by atoms with Crippen molar-refractivity contribution in [2.45, 2.75) is 25.4 Å². The molecule has 0 aromatic rings. The summed E-state index contributed by atoms with van der Waals surface area (Å²) in [4.78, 5) is 11.0. The lowest BCUT2D eigenvalue weighted by Crippen LogP contribution is -2.13. The van der Waals surface area contributed by atoms with Gasteiger partial charge in [-0.1, -0.05) is 0 Å². The van der Waals surface area contributed by atoms with Crippen molar-refractivity contribution >= 4 is 5.78 Å². The maximum absolute atomic E-state index is 11.0. The Morgan fingerprint density at radius 2 is 2.36 bits per heavy atom. The Balaban J connectivity index is 1.91. The molecular formula is C8H15NO2. The first-order chi connectivity index (χ1) is 5.33. The first kappa shape index (κ1) is 8.68. The number of Topliss-reactive ketones (excluding diaryl/α,β-unsaturated/α-hetero) is 1. The van der Waals surface area contributed by atoms with Gasteiger partial charge >= 0.3 is 0 Å². The Morgan fingerprint density at radius 3 is 2.91 bits per heavy atom. The minimum absolute atomic E-state index is 0.342. The number of carbonyl (C=O) groups is 1. The Labute approximate surface area is 67.1 Å². The number of hydrogen-bond acceptors (Lipinski definition) is 3. The van der Waals surface area contributed by atoms with E-state index in [0.29, 0.717) is 24.7 Å². The summed E-state index contributed by atoms with van der Waals surface area (Å²) in [6.07, 6.45) is 2.66. The minimum atomic E-state index is 0.342. The van der Waals surface area contributed by atoms with Crippen LogP contribution in [0.25, 0.3) is 0 Å². The van der Waals surface area contributed by atoms with Gasteiger partial charge in [0.2, 0.25) is 0 Å². The summed E-state index contributed by atoms with van der Waals surface area (Å²) in [5.74, 6) is 0.342. The van der Waals surface area contributed by atoms with Gasteiger partial charge in [0.1, 0.15) is 5.78 Å². The van der Waals surface area contributed by atoms with Gasteiger partial charge in [-0.25, -0.2) is 0 Å². The topological polar surface area (TPSA) is 41.6 Å². The summed E-state index contributed by atoms with van der Waals surface area (Å²) < 4.78 is 5.00. The molecule has 1 atom stereocenters. The molecule has 1 unspecified atom stereocenters. The summed E-state index contributed by atoms with van der Waals surface area (Å²) in [7, 11) is 1.86. The molecule has 0 aromatic heterocycles. The van der Waals surface area contributed by atoms with Gasteiger partial charge in [0.05, 0.1) is 12.7 Å². The zero-order valence-electron chi connectivity index (χ0n) is 6.93. The highest BCUT2D eigenvalue weighted by Gasteiger charge is 2.22. The van der Waals surface area contributed by atoms with E-state index < -0.39 is 0 Å². The van der Waals surface area contributed by atoms with Gasteiger partial charge in [0.25, 0.3) is 0 Å². The Kier molecular flexibility index (Phi) is 3.52. The number of ether oxygens (including phenoxy) is 1. The van der Waals surface area contributed by atoms with Crippen molar-refractivity contribution in [3.63, 3.8) is 0 Å². The van der Waals surface area contributed by atoms with Crippen LogP contribution in [0.5, 0.6) is 0 Å². The molecule has 0 radical (unpaired) electrons. The number of rotatable bonds is 6. The number of nitrogens with one attached hydrogen (secondary N) is 1. The van der Waals surface area contributed by atoms with Gasteiger partial charge in [-0.05, 0) is 13.5 Å². The monoisotopic (exact) mass is 157 g/mol. The standard InChI is InChI=1S/C8H15NO2/c1-9-5-4-7(10)2-3-8-6-11-8/h8-9H,2-6H2,1H3. The van der Waals surface area contributed by atoms with E-state index in [1.165, 1.54) is 0 Å². The fourth-order valence-electron chi connectivity index (χ4n) is 0.946. The molecule has 1 aliphatic rings. The molecule has 1 fully saturated rings. The summed E-state index contributed by atoms with van der Waals surface area (Å²) in [6, 6.07) is 0. The first-order valence-electron chi connectivity index (χ1n) is 4.11. The molecule has 1 N–H and O–H groups in total. The lowest BCUT2D eigenvalue weighted by molar-refractivity contribution is -0.119. The molecule has 1 aliphatic heterocycles. The van der Waals surface area contributed by atoms with Crippen LogP contribution in [0.15, 0.2) is 0 Å². The van der Waals surface area contributed by atoms with E-state index in [2.05, 4.69) is 5.32 Å². The molecule has 0 aliphatic carbocycles. The van der Waals surface area contributed by atoms with E-state index in [9.17, 15) is 4.79 Å². The highest BCUT2D eigenvalue weighted by molar-refractivity contribution is 5.78. The van der Waals surface area contributed by atoms with E-state index in [1.54, 1.807) is 0 Å². The Morgan fingerprint density at radius 1 is 1.64 bits per heavy atom. The van der Waals surface area contributed by atoms with Crippen molar-refractivity contribution in [2.24, 2.45) is 0 Å². The molecule has 3 heteroatoms. The van der Waals surface area contributed by atoms with Crippen molar-refractivity contribution < 1.29 is 9.53 Å². The predicted molar refractivity (Wildman–Crippen MR) is 42.5 cm³/mol. The molecule has 11 heavy (non-hydrogen) atoms. The third-order valence-corrected chi connectivity index (χ3v) is 1.80. The van der Waals surface area contributed by atoms with Gasteiger partial charge in [0, 0.05) is 19.4 Å². The number of carbonyl (C=O) groups excluding carboxylic acids is 1. The van der Waals surface area contributed by atoms with Crippen LogP contribution in [0.4, 0.5) is 0 Å². The van der Waals surface area contributed by atoms with Crippen LogP contribution in [0.3, 0.4) is 0 Å². The van der Waals surface area contributed by atoms with E-state index in [1.807, 2.05) is 7.05 Å². The highest BCUT2D eigenvalue weighted by Crippen LogP contribution is 2.15. The van der Waals surface area contributed by atoms with Gasteiger partial charge in [-0.2, -0.15) is 0 Å². The summed E-state index contributed by atoms with van der Waals surface area (Å²) >= 11 is 0. The van der Waals surface area contributed by atoms with Crippen LogP contribution in [-0.4, -0.2) is 32.1 Å². The second kappa shape index (κ2) is 4.46. The Bertz CT molecular complexity index is 132. The molecule has 1 saturated heterocycles. The summed E-state index contributed by atoms with van der Waals surface area (Å²) in [6.45, 7) is 1.66. The van der Waals surface area contributed by atoms with Gasteiger partial charge < -0.3 is 10.1 Å². The van der Waals surface area contributed by atoms with Crippen molar-refractivity contribution in [1.29, 1.82) is 0 Å². The van der Waals surface area contributed by atoms with E-state index in [4.69, 9.17) is 4.74 Å². The fourth-order valence-corrected chi connectivity index (χ4v) is 0.946. The molecule has 64 valence electrons. The SMILES string of the molecule is CNCCC(=O)CCC1CO1. The van der Waals surface area contributed by atoms with Crippen LogP contribution in [0.2, 0.25) is 0 Å². The predicted octanol–water partition coefficient (Wildman–Crippen LogP) is 0.344. The minimum Gasteiger partial charge on any atom is -0.373 e. The second-order valence-corrected chi connectivity index (χ2v) is 2.89. The average molecular weight is 157 g/mol. The van der Waals surface area contributed by atoms with Gasteiger partial charge in [-0.3, -0.25) is 4.79 Å². The zero-order chi connectivity index (χ0) is 8.10. The van der Waals surface area contributed by atoms with Crippen molar-refractivity contribution in [3.8, 4) is 0 Å².